The van der Waals surface area contributed by atoms with Crippen molar-refractivity contribution in [1.82, 2.24) is 14.9 Å². The van der Waals surface area contributed by atoms with E-state index in [4.69, 9.17) is 4.42 Å². The lowest BCUT2D eigenvalue weighted by molar-refractivity contribution is 0.0728. The van der Waals surface area contributed by atoms with Gasteiger partial charge in [-0.3, -0.25) is 4.79 Å². The van der Waals surface area contributed by atoms with Crippen molar-refractivity contribution >= 4 is 5.91 Å². The van der Waals surface area contributed by atoms with Crippen molar-refractivity contribution in [2.45, 2.75) is 26.8 Å². The molecule has 27 heavy (non-hydrogen) atoms. The second-order valence-electron chi connectivity index (χ2n) is 6.57. The average molecular weight is 357 g/mol. The second-order valence-corrected chi connectivity index (χ2v) is 6.57. The summed E-state index contributed by atoms with van der Waals surface area (Å²) in [5, 5.41) is 0. The minimum absolute atomic E-state index is 0.0119. The van der Waals surface area contributed by atoms with Crippen LogP contribution in [0, 0.1) is 25.7 Å². The molecule has 0 radical (unpaired) electrons. The molecule has 3 aromatic rings. The van der Waals surface area contributed by atoms with E-state index in [0.29, 0.717) is 36.7 Å². The normalized spacial score (nSPS) is 12.9. The molecule has 134 valence electrons. The third kappa shape index (κ3) is 3.61. The van der Waals surface area contributed by atoms with Gasteiger partial charge in [-0.1, -0.05) is 18.1 Å². The number of benzene rings is 1. The van der Waals surface area contributed by atoms with Gasteiger partial charge in [0.1, 0.15) is 17.1 Å². The van der Waals surface area contributed by atoms with Gasteiger partial charge in [0.05, 0.1) is 6.54 Å². The number of fused-ring (bicyclic) bond motifs is 1. The third-order valence-corrected chi connectivity index (χ3v) is 4.60. The predicted molar refractivity (Wildman–Crippen MR) is 101 cm³/mol. The van der Waals surface area contributed by atoms with E-state index in [2.05, 4.69) is 21.8 Å². The van der Waals surface area contributed by atoms with Gasteiger partial charge in [-0.25, -0.2) is 9.97 Å². The molecule has 0 atom stereocenters. The summed E-state index contributed by atoms with van der Waals surface area (Å²) in [7, 11) is 0. The van der Waals surface area contributed by atoms with Gasteiger partial charge < -0.3 is 9.32 Å². The summed E-state index contributed by atoms with van der Waals surface area (Å²) in [5.74, 6) is 7.72. The lowest BCUT2D eigenvalue weighted by Gasteiger charge is -2.25. The van der Waals surface area contributed by atoms with Crippen molar-refractivity contribution in [3.8, 4) is 11.8 Å². The predicted octanol–water partition coefficient (Wildman–Crippen LogP) is 3.28. The van der Waals surface area contributed by atoms with Crippen LogP contribution >= 0.6 is 0 Å². The van der Waals surface area contributed by atoms with Crippen molar-refractivity contribution < 1.29 is 9.21 Å². The number of aromatic nitrogens is 2. The van der Waals surface area contributed by atoms with E-state index in [0.717, 1.165) is 22.6 Å². The fourth-order valence-corrected chi connectivity index (χ4v) is 3.14. The van der Waals surface area contributed by atoms with E-state index in [1.54, 1.807) is 6.20 Å². The van der Waals surface area contributed by atoms with Crippen LogP contribution in [0.4, 0.5) is 0 Å². The maximum atomic E-state index is 13.0. The molecule has 5 nitrogen and oxygen atoms in total. The van der Waals surface area contributed by atoms with Crippen LogP contribution in [-0.4, -0.2) is 27.3 Å². The van der Waals surface area contributed by atoms with Crippen molar-refractivity contribution in [3.63, 3.8) is 0 Å². The lowest BCUT2D eigenvalue weighted by Crippen LogP contribution is -2.35. The molecule has 0 N–H and O–H groups in total. The Morgan fingerprint density at radius 1 is 1.19 bits per heavy atom. The van der Waals surface area contributed by atoms with Crippen LogP contribution < -0.4 is 0 Å². The highest BCUT2D eigenvalue weighted by Crippen LogP contribution is 2.21. The van der Waals surface area contributed by atoms with Crippen LogP contribution in [0.3, 0.4) is 0 Å². The van der Waals surface area contributed by atoms with E-state index >= 15 is 0 Å². The van der Waals surface area contributed by atoms with Crippen molar-refractivity contribution in [2.24, 2.45) is 0 Å². The van der Waals surface area contributed by atoms with Crippen LogP contribution in [-0.2, 0) is 13.0 Å². The first-order chi connectivity index (χ1) is 13.1. The molecule has 1 aromatic carbocycles. The highest BCUT2D eigenvalue weighted by molar-refractivity contribution is 5.94. The van der Waals surface area contributed by atoms with E-state index < -0.39 is 0 Å². The monoisotopic (exact) mass is 357 g/mol. The van der Waals surface area contributed by atoms with Crippen LogP contribution in [0.2, 0.25) is 0 Å². The average Bonchev–Trinajstić information content (AvgIpc) is 3.06. The maximum Gasteiger partial charge on any atom is 0.254 e. The summed E-state index contributed by atoms with van der Waals surface area (Å²) in [6.45, 7) is 4.93. The van der Waals surface area contributed by atoms with Gasteiger partial charge in [0.2, 0.25) is 0 Å². The largest absolute Gasteiger partial charge is 0.446 e. The lowest BCUT2D eigenvalue weighted by atomic mass is 10.0. The molecule has 0 aliphatic carbocycles. The van der Waals surface area contributed by atoms with Crippen LogP contribution in [0.25, 0.3) is 0 Å². The van der Waals surface area contributed by atoms with E-state index in [1.807, 2.05) is 55.1 Å². The van der Waals surface area contributed by atoms with Gasteiger partial charge >= 0.3 is 0 Å². The van der Waals surface area contributed by atoms with Gasteiger partial charge in [0, 0.05) is 37.2 Å². The molecule has 0 saturated heterocycles. The molecule has 5 heteroatoms. The quantitative estimate of drug-likeness (QED) is 0.627. The number of nitrogens with zero attached hydrogens (tertiary/aromatic N) is 3. The minimum Gasteiger partial charge on any atom is -0.446 e. The molecule has 1 aliphatic rings. The molecule has 4 rings (SSSR count). The summed E-state index contributed by atoms with van der Waals surface area (Å²) in [4.78, 5) is 23.4. The molecule has 3 heterocycles. The van der Waals surface area contributed by atoms with E-state index in [-0.39, 0.29) is 5.91 Å². The Morgan fingerprint density at radius 2 is 2.07 bits per heavy atom. The van der Waals surface area contributed by atoms with Gasteiger partial charge in [-0.2, -0.15) is 0 Å². The number of amides is 1. The second kappa shape index (κ2) is 7.08. The molecule has 2 aromatic heterocycles. The molecule has 0 unspecified atom stereocenters. The van der Waals surface area contributed by atoms with Crippen molar-refractivity contribution in [1.29, 1.82) is 0 Å². The Labute approximate surface area is 158 Å². The van der Waals surface area contributed by atoms with Gasteiger partial charge in [-0.15, -0.1) is 0 Å². The first kappa shape index (κ1) is 17.0. The zero-order chi connectivity index (χ0) is 18.8. The fourth-order valence-electron chi connectivity index (χ4n) is 3.14. The fraction of sp³-hybridized carbons (Fsp3) is 0.227. The van der Waals surface area contributed by atoms with Crippen LogP contribution in [0.1, 0.15) is 44.5 Å². The summed E-state index contributed by atoms with van der Waals surface area (Å²) < 4.78 is 5.58. The number of oxazole rings is 1. The number of carbonyl (C=O) groups excluding carboxylic acids is 1. The summed E-state index contributed by atoms with van der Waals surface area (Å²) >= 11 is 0. The zero-order valence-electron chi connectivity index (χ0n) is 15.3. The SMILES string of the molecule is Cc1nc2c(o1)CCN(C(=O)c1ccc(C)c(C#Cc3ccccn3)c1)C2. The molecule has 0 bridgehead atoms. The topological polar surface area (TPSA) is 59.2 Å². The zero-order valence-corrected chi connectivity index (χ0v) is 15.3. The maximum absolute atomic E-state index is 13.0. The summed E-state index contributed by atoms with van der Waals surface area (Å²) in [5.41, 5.74) is 4.06. The molecule has 0 saturated carbocycles. The standard InChI is InChI=1S/C22H19N3O2/c1-15-6-7-18(13-17(15)8-9-19-5-3-4-11-23-19)22(26)25-12-10-21-20(14-25)24-16(2)27-21/h3-7,11,13H,10,12,14H2,1-2H3. The first-order valence-corrected chi connectivity index (χ1v) is 8.88. The first-order valence-electron chi connectivity index (χ1n) is 8.88. The molecule has 0 spiro atoms. The highest BCUT2D eigenvalue weighted by atomic mass is 16.4. The number of carbonyl (C=O) groups is 1. The molecular formula is C22H19N3O2. The van der Waals surface area contributed by atoms with Gasteiger partial charge in [-0.05, 0) is 42.7 Å². The molecule has 0 fully saturated rings. The van der Waals surface area contributed by atoms with Crippen LogP contribution in [0.15, 0.2) is 47.0 Å². The number of pyridine rings is 1. The Bertz CT molecular complexity index is 1060. The highest BCUT2D eigenvalue weighted by Gasteiger charge is 2.25. The van der Waals surface area contributed by atoms with Gasteiger partial charge in [0.25, 0.3) is 5.91 Å². The van der Waals surface area contributed by atoms with Crippen LogP contribution in [0.5, 0.6) is 0 Å². The molecule has 1 amide bonds. The number of hydrogen-bond acceptors (Lipinski definition) is 4. The Morgan fingerprint density at radius 3 is 2.89 bits per heavy atom. The third-order valence-electron chi connectivity index (χ3n) is 4.60. The minimum atomic E-state index is -0.0119. The summed E-state index contributed by atoms with van der Waals surface area (Å²) in [6, 6.07) is 11.3. The van der Waals surface area contributed by atoms with Crippen molar-refractivity contribution in [3.05, 3.63) is 82.3 Å². The Balaban J connectivity index is 1.58. The summed E-state index contributed by atoms with van der Waals surface area (Å²) in [6.07, 6.45) is 2.41. The van der Waals surface area contributed by atoms with E-state index in [9.17, 15) is 4.79 Å². The van der Waals surface area contributed by atoms with Gasteiger partial charge in [0.15, 0.2) is 5.89 Å². The number of aryl methyl sites for hydroxylation is 2. The Hall–Kier alpha value is -3.39. The van der Waals surface area contributed by atoms with Crippen molar-refractivity contribution in [2.75, 3.05) is 6.54 Å². The smallest absolute Gasteiger partial charge is 0.254 e. The number of hydrogen-bond donors (Lipinski definition) is 0. The Kier molecular flexibility index (Phi) is 4.47. The molecular weight excluding hydrogens is 338 g/mol. The van der Waals surface area contributed by atoms with E-state index in [1.165, 1.54) is 0 Å². The number of rotatable bonds is 1. The molecule has 1 aliphatic heterocycles.